The predicted octanol–water partition coefficient (Wildman–Crippen LogP) is 1.23. The molecule has 0 spiro atoms. The van der Waals surface area contributed by atoms with Gasteiger partial charge in [-0.05, 0) is 30.5 Å². The molecule has 3 N–H and O–H groups in total. The second-order valence-electron chi connectivity index (χ2n) is 5.05. The Morgan fingerprint density at radius 1 is 1.25 bits per heavy atom. The van der Waals surface area contributed by atoms with Gasteiger partial charge in [-0.2, -0.15) is 0 Å². The van der Waals surface area contributed by atoms with Crippen LogP contribution in [0.25, 0.3) is 0 Å². The molecule has 0 aliphatic rings. The van der Waals surface area contributed by atoms with Crippen molar-refractivity contribution in [1.82, 2.24) is 0 Å². The molecule has 0 saturated heterocycles. The molecule has 0 heterocycles. The molecule has 0 aliphatic heterocycles. The third kappa shape index (κ3) is 4.26. The van der Waals surface area contributed by atoms with Crippen LogP contribution in [0.2, 0.25) is 0 Å². The molecule has 1 unspecified atom stereocenters. The number of sulfone groups is 1. The van der Waals surface area contributed by atoms with Crippen molar-refractivity contribution in [2.75, 3.05) is 24.7 Å². The van der Waals surface area contributed by atoms with Crippen LogP contribution < -0.4 is 5.73 Å². The van der Waals surface area contributed by atoms with Gasteiger partial charge in [0.25, 0.3) is 0 Å². The Bertz CT molecular complexity index is 510. The van der Waals surface area contributed by atoms with E-state index in [0.29, 0.717) is 12.0 Å². The first kappa shape index (κ1) is 17.1. The zero-order valence-electron chi connectivity index (χ0n) is 11.7. The Balaban J connectivity index is 2.95. The summed E-state index contributed by atoms with van der Waals surface area (Å²) >= 11 is 0. The van der Waals surface area contributed by atoms with E-state index in [1.54, 1.807) is 19.1 Å². The summed E-state index contributed by atoms with van der Waals surface area (Å²) in [6, 6.07) is 5.67. The molecule has 0 radical (unpaired) electrons. The maximum Gasteiger partial charge on any atom is 0.150 e. The van der Waals surface area contributed by atoms with Crippen LogP contribution in [0.4, 0.5) is 4.39 Å². The van der Waals surface area contributed by atoms with E-state index in [4.69, 9.17) is 5.73 Å². The van der Waals surface area contributed by atoms with Crippen molar-refractivity contribution in [2.24, 2.45) is 5.73 Å². The van der Waals surface area contributed by atoms with Gasteiger partial charge in [0, 0.05) is 17.7 Å². The molecule has 1 atom stereocenters. The van der Waals surface area contributed by atoms with Crippen molar-refractivity contribution in [3.63, 3.8) is 0 Å². The average Bonchev–Trinajstić information content (AvgIpc) is 2.42. The minimum atomic E-state index is -3.14. The summed E-state index contributed by atoms with van der Waals surface area (Å²) in [4.78, 5) is 0. The first-order valence-corrected chi connectivity index (χ1v) is 8.48. The summed E-state index contributed by atoms with van der Waals surface area (Å²) in [6.07, 6.45) is 0.793. The molecule has 0 aromatic heterocycles. The Morgan fingerprint density at radius 3 is 2.30 bits per heavy atom. The van der Waals surface area contributed by atoms with Crippen molar-refractivity contribution in [3.8, 4) is 0 Å². The van der Waals surface area contributed by atoms with Gasteiger partial charge < -0.3 is 10.8 Å². The maximum absolute atomic E-state index is 13.0. The third-order valence-corrected chi connectivity index (χ3v) is 5.41. The fourth-order valence-electron chi connectivity index (χ4n) is 2.17. The van der Waals surface area contributed by atoms with Crippen LogP contribution >= 0.6 is 0 Å². The zero-order chi connectivity index (χ0) is 15.2. The largest absolute Gasteiger partial charge is 0.395 e. The SMILES string of the molecule is CCCS(=O)(=O)CCC(CN)(CO)c1ccc(F)cc1. The second-order valence-corrected chi connectivity index (χ2v) is 7.35. The van der Waals surface area contributed by atoms with Gasteiger partial charge in [0.2, 0.25) is 0 Å². The second kappa shape index (κ2) is 7.15. The minimum Gasteiger partial charge on any atom is -0.395 e. The summed E-state index contributed by atoms with van der Waals surface area (Å²) in [6.45, 7) is 1.65. The Kier molecular flexibility index (Phi) is 6.10. The summed E-state index contributed by atoms with van der Waals surface area (Å²) in [5, 5.41) is 9.66. The van der Waals surface area contributed by atoms with Crippen LogP contribution in [0, 0.1) is 5.82 Å². The van der Waals surface area contributed by atoms with Gasteiger partial charge in [0.05, 0.1) is 12.4 Å². The number of aliphatic hydroxyl groups is 1. The number of nitrogens with two attached hydrogens (primary N) is 1. The molecule has 1 aromatic carbocycles. The number of hydrogen-bond donors (Lipinski definition) is 2. The quantitative estimate of drug-likeness (QED) is 0.757. The predicted molar refractivity (Wildman–Crippen MR) is 77.8 cm³/mol. The highest BCUT2D eigenvalue weighted by Crippen LogP contribution is 2.27. The molecule has 0 amide bonds. The maximum atomic E-state index is 13.0. The number of halogens is 1. The molecule has 1 rings (SSSR count). The van der Waals surface area contributed by atoms with Gasteiger partial charge in [0.15, 0.2) is 0 Å². The lowest BCUT2D eigenvalue weighted by atomic mass is 9.79. The van der Waals surface area contributed by atoms with Crippen LogP contribution in [0.15, 0.2) is 24.3 Å². The number of hydrogen-bond acceptors (Lipinski definition) is 4. The van der Waals surface area contributed by atoms with Crippen LogP contribution in [0.5, 0.6) is 0 Å². The summed E-state index contributed by atoms with van der Waals surface area (Å²) in [7, 11) is -3.14. The van der Waals surface area contributed by atoms with Gasteiger partial charge >= 0.3 is 0 Å². The molecule has 0 aliphatic carbocycles. The smallest absolute Gasteiger partial charge is 0.150 e. The minimum absolute atomic E-state index is 0.0318. The number of rotatable bonds is 8. The molecular weight excluding hydrogens is 281 g/mol. The van der Waals surface area contributed by atoms with E-state index < -0.39 is 15.3 Å². The van der Waals surface area contributed by atoms with Crippen LogP contribution in [0.3, 0.4) is 0 Å². The lowest BCUT2D eigenvalue weighted by molar-refractivity contribution is 0.193. The summed E-state index contributed by atoms with van der Waals surface area (Å²) in [5.41, 5.74) is 5.57. The molecule has 0 bridgehead atoms. The van der Waals surface area contributed by atoms with Crippen molar-refractivity contribution >= 4 is 9.84 Å². The Hall–Kier alpha value is -0.980. The van der Waals surface area contributed by atoms with E-state index in [2.05, 4.69) is 0 Å². The molecule has 0 saturated carbocycles. The molecule has 6 heteroatoms. The molecule has 1 aromatic rings. The summed E-state index contributed by atoms with van der Waals surface area (Å²) in [5.74, 6) is -0.283. The third-order valence-electron chi connectivity index (χ3n) is 3.56. The molecule has 4 nitrogen and oxygen atoms in total. The Labute approximate surface area is 119 Å². The highest BCUT2D eigenvalue weighted by molar-refractivity contribution is 7.91. The number of aliphatic hydroxyl groups excluding tert-OH is 1. The molecule has 114 valence electrons. The van der Waals surface area contributed by atoms with E-state index in [9.17, 15) is 17.9 Å². The highest BCUT2D eigenvalue weighted by Gasteiger charge is 2.31. The molecule has 20 heavy (non-hydrogen) atoms. The van der Waals surface area contributed by atoms with Gasteiger partial charge in [-0.25, -0.2) is 12.8 Å². The fraction of sp³-hybridized carbons (Fsp3) is 0.571. The lowest BCUT2D eigenvalue weighted by Crippen LogP contribution is -2.40. The van der Waals surface area contributed by atoms with Gasteiger partial charge in [-0.3, -0.25) is 0 Å². The van der Waals surface area contributed by atoms with E-state index in [1.807, 2.05) is 0 Å². The normalized spacial score (nSPS) is 15.0. The monoisotopic (exact) mass is 303 g/mol. The first-order valence-electron chi connectivity index (χ1n) is 6.66. The standard InChI is InChI=1S/C14H22FNO3S/c1-2-8-20(18,19)9-7-14(10-16,11-17)12-3-5-13(15)6-4-12/h3-6,17H,2,7-11,16H2,1H3. The van der Waals surface area contributed by atoms with Crippen LogP contribution in [-0.4, -0.2) is 38.2 Å². The number of benzene rings is 1. The van der Waals surface area contributed by atoms with E-state index in [1.165, 1.54) is 12.1 Å². The summed E-state index contributed by atoms with van der Waals surface area (Å²) < 4.78 is 36.6. The van der Waals surface area contributed by atoms with E-state index >= 15 is 0 Å². The van der Waals surface area contributed by atoms with E-state index in [0.717, 1.165) is 0 Å². The van der Waals surface area contributed by atoms with Crippen LogP contribution in [0.1, 0.15) is 25.3 Å². The van der Waals surface area contributed by atoms with Crippen molar-refractivity contribution < 1.29 is 17.9 Å². The van der Waals surface area contributed by atoms with Gasteiger partial charge in [0.1, 0.15) is 15.7 Å². The topological polar surface area (TPSA) is 80.4 Å². The van der Waals surface area contributed by atoms with Gasteiger partial charge in [-0.1, -0.05) is 19.1 Å². The molecular formula is C14H22FNO3S. The van der Waals surface area contributed by atoms with Crippen LogP contribution in [-0.2, 0) is 15.3 Å². The molecule has 0 fully saturated rings. The lowest BCUT2D eigenvalue weighted by Gasteiger charge is -2.31. The van der Waals surface area contributed by atoms with E-state index in [-0.39, 0.29) is 36.9 Å². The fourth-order valence-corrected chi connectivity index (χ4v) is 3.69. The van der Waals surface area contributed by atoms with Crippen molar-refractivity contribution in [2.45, 2.75) is 25.2 Å². The van der Waals surface area contributed by atoms with Crippen molar-refractivity contribution in [1.29, 1.82) is 0 Å². The van der Waals surface area contributed by atoms with Gasteiger partial charge in [-0.15, -0.1) is 0 Å². The first-order chi connectivity index (χ1) is 9.39. The van der Waals surface area contributed by atoms with Crippen molar-refractivity contribution in [3.05, 3.63) is 35.6 Å². The average molecular weight is 303 g/mol. The zero-order valence-corrected chi connectivity index (χ0v) is 12.5. The highest BCUT2D eigenvalue weighted by atomic mass is 32.2. The Morgan fingerprint density at radius 2 is 1.85 bits per heavy atom.